The number of aromatic nitrogens is 2. The van der Waals surface area contributed by atoms with Crippen LogP contribution in [0.1, 0.15) is 37.7 Å². The molecule has 0 aliphatic carbocycles. The lowest BCUT2D eigenvalue weighted by atomic mass is 10.1. The van der Waals surface area contributed by atoms with Gasteiger partial charge in [0, 0.05) is 23.4 Å². The van der Waals surface area contributed by atoms with E-state index in [0.29, 0.717) is 0 Å². The third kappa shape index (κ3) is 3.43. The second kappa shape index (κ2) is 7.25. The molecule has 0 aliphatic rings. The Morgan fingerprint density at radius 3 is 2.85 bits per heavy atom. The lowest BCUT2D eigenvalue weighted by Crippen LogP contribution is -2.25. The molecule has 0 saturated heterocycles. The summed E-state index contributed by atoms with van der Waals surface area (Å²) >= 11 is 9.65. The number of benzene rings is 1. The van der Waals surface area contributed by atoms with Gasteiger partial charge in [-0.1, -0.05) is 31.5 Å². The number of rotatable bonds is 6. The van der Waals surface area contributed by atoms with Gasteiger partial charge in [0.05, 0.1) is 11.1 Å². The average Bonchev–Trinajstić information content (AvgIpc) is 2.88. The van der Waals surface area contributed by atoms with E-state index in [1.165, 1.54) is 0 Å². The molecule has 108 valence electrons. The Bertz CT molecular complexity index is 568. The van der Waals surface area contributed by atoms with Gasteiger partial charge < -0.3 is 9.88 Å². The van der Waals surface area contributed by atoms with Gasteiger partial charge in [0.1, 0.15) is 5.82 Å². The summed E-state index contributed by atoms with van der Waals surface area (Å²) in [5, 5.41) is 4.21. The molecule has 1 aromatic heterocycles. The Balaban J connectivity index is 2.39. The highest BCUT2D eigenvalue weighted by Crippen LogP contribution is 2.28. The van der Waals surface area contributed by atoms with Crippen molar-refractivity contribution in [1.29, 1.82) is 0 Å². The van der Waals surface area contributed by atoms with Crippen LogP contribution in [-0.2, 0) is 6.54 Å². The number of hydrogen-bond donors (Lipinski definition) is 1. The second-order valence-corrected chi connectivity index (χ2v) is 5.90. The van der Waals surface area contributed by atoms with E-state index >= 15 is 0 Å². The lowest BCUT2D eigenvalue weighted by molar-refractivity contribution is 0.544. The summed E-state index contributed by atoms with van der Waals surface area (Å²) in [6, 6.07) is 6.11. The number of nitrogens with zero attached hydrogens (tertiary/aromatic N) is 2. The Kier molecular flexibility index (Phi) is 5.64. The van der Waals surface area contributed by atoms with Gasteiger partial charge in [0.25, 0.3) is 0 Å². The molecule has 0 aliphatic heterocycles. The smallest absolute Gasteiger partial charge is 0.130 e. The number of imidazole rings is 1. The van der Waals surface area contributed by atoms with Crippen molar-refractivity contribution in [3.05, 3.63) is 51.5 Å². The quantitative estimate of drug-likeness (QED) is 0.831. The van der Waals surface area contributed by atoms with E-state index < -0.39 is 0 Å². The second-order valence-electron chi connectivity index (χ2n) is 4.64. The molecule has 2 aromatic rings. The molecule has 1 heterocycles. The van der Waals surface area contributed by atoms with Crippen molar-refractivity contribution in [2.24, 2.45) is 0 Å². The maximum Gasteiger partial charge on any atom is 0.130 e. The topological polar surface area (TPSA) is 29.9 Å². The fraction of sp³-hybridized carbons (Fsp3) is 0.400. The maximum atomic E-state index is 6.22. The van der Waals surface area contributed by atoms with Crippen molar-refractivity contribution in [2.75, 3.05) is 6.54 Å². The molecule has 1 atom stereocenters. The summed E-state index contributed by atoms with van der Waals surface area (Å²) in [6.45, 7) is 6.11. The van der Waals surface area contributed by atoms with Crippen LogP contribution in [0.2, 0.25) is 5.02 Å². The van der Waals surface area contributed by atoms with Crippen LogP contribution in [0.15, 0.2) is 35.1 Å². The lowest BCUT2D eigenvalue weighted by Gasteiger charge is -2.20. The fourth-order valence-corrected chi connectivity index (χ4v) is 2.70. The van der Waals surface area contributed by atoms with Crippen molar-refractivity contribution < 1.29 is 0 Å². The van der Waals surface area contributed by atoms with Gasteiger partial charge in [-0.15, -0.1) is 0 Å². The number of halogens is 2. The predicted octanol–water partition coefficient (Wildman–Crippen LogP) is 4.41. The van der Waals surface area contributed by atoms with E-state index in [1.54, 1.807) is 0 Å². The van der Waals surface area contributed by atoms with E-state index in [0.717, 1.165) is 40.4 Å². The molecule has 0 radical (unpaired) electrons. The van der Waals surface area contributed by atoms with Gasteiger partial charge >= 0.3 is 0 Å². The molecule has 0 fully saturated rings. The van der Waals surface area contributed by atoms with Crippen LogP contribution < -0.4 is 5.32 Å². The molecular formula is C15H19BrClN3. The van der Waals surface area contributed by atoms with E-state index in [2.05, 4.69) is 50.7 Å². The van der Waals surface area contributed by atoms with Crippen molar-refractivity contribution >= 4 is 27.5 Å². The highest BCUT2D eigenvalue weighted by Gasteiger charge is 2.18. The Hall–Kier alpha value is -0.840. The van der Waals surface area contributed by atoms with Crippen LogP contribution in [0.25, 0.3) is 0 Å². The first kappa shape index (κ1) is 15.5. The molecule has 0 spiro atoms. The molecule has 2 rings (SSSR count). The van der Waals surface area contributed by atoms with Crippen LogP contribution in [0.5, 0.6) is 0 Å². The molecule has 1 unspecified atom stereocenters. The van der Waals surface area contributed by atoms with Crippen LogP contribution in [0, 0.1) is 0 Å². The molecule has 20 heavy (non-hydrogen) atoms. The van der Waals surface area contributed by atoms with E-state index in [4.69, 9.17) is 11.6 Å². The van der Waals surface area contributed by atoms with Gasteiger partial charge in [-0.2, -0.15) is 0 Å². The van der Waals surface area contributed by atoms with E-state index in [-0.39, 0.29) is 6.04 Å². The van der Waals surface area contributed by atoms with Gasteiger partial charge in [-0.3, -0.25) is 0 Å². The molecule has 3 nitrogen and oxygen atoms in total. The third-order valence-electron chi connectivity index (χ3n) is 3.16. The normalized spacial score (nSPS) is 12.6. The van der Waals surface area contributed by atoms with Gasteiger partial charge in [-0.25, -0.2) is 4.98 Å². The summed E-state index contributed by atoms with van der Waals surface area (Å²) in [4.78, 5) is 4.53. The number of hydrogen-bond acceptors (Lipinski definition) is 2. The first-order valence-corrected chi connectivity index (χ1v) is 8.03. The van der Waals surface area contributed by atoms with Crippen molar-refractivity contribution in [3.63, 3.8) is 0 Å². The van der Waals surface area contributed by atoms with Gasteiger partial charge in [0.15, 0.2) is 0 Å². The number of aryl methyl sites for hydroxylation is 1. The molecule has 1 aromatic carbocycles. The van der Waals surface area contributed by atoms with Crippen molar-refractivity contribution in [3.8, 4) is 0 Å². The minimum absolute atomic E-state index is 0.0622. The predicted molar refractivity (Wildman–Crippen MR) is 87.2 cm³/mol. The van der Waals surface area contributed by atoms with E-state index in [9.17, 15) is 0 Å². The third-order valence-corrected chi connectivity index (χ3v) is 4.39. The summed E-state index contributed by atoms with van der Waals surface area (Å²) in [6.07, 6.45) is 4.97. The summed E-state index contributed by atoms with van der Waals surface area (Å²) in [7, 11) is 0. The fourth-order valence-electron chi connectivity index (χ4n) is 2.27. The Morgan fingerprint density at radius 2 is 2.20 bits per heavy atom. The van der Waals surface area contributed by atoms with Crippen LogP contribution in [0.3, 0.4) is 0 Å². The van der Waals surface area contributed by atoms with Crippen molar-refractivity contribution in [2.45, 2.75) is 32.9 Å². The SMILES string of the molecule is CCCn1ccnc1C(NCC)c1ccc(Br)c(Cl)c1. The monoisotopic (exact) mass is 355 g/mol. The molecule has 1 N–H and O–H groups in total. The Morgan fingerprint density at radius 1 is 1.40 bits per heavy atom. The number of nitrogens with one attached hydrogen (secondary N) is 1. The minimum atomic E-state index is 0.0622. The molecular weight excluding hydrogens is 338 g/mol. The first-order chi connectivity index (χ1) is 9.67. The standard InChI is InChI=1S/C15H19BrClN3/c1-3-8-20-9-7-19-15(20)14(18-4-2)11-5-6-12(16)13(17)10-11/h5-7,9-10,14,18H,3-4,8H2,1-2H3. The van der Waals surface area contributed by atoms with E-state index in [1.807, 2.05) is 24.5 Å². The van der Waals surface area contributed by atoms with Crippen LogP contribution in [0.4, 0.5) is 0 Å². The summed E-state index contributed by atoms with van der Waals surface area (Å²) in [5.41, 5.74) is 1.13. The zero-order valence-electron chi connectivity index (χ0n) is 11.7. The summed E-state index contributed by atoms with van der Waals surface area (Å²) < 4.78 is 3.11. The molecule has 0 amide bonds. The van der Waals surface area contributed by atoms with Crippen molar-refractivity contribution in [1.82, 2.24) is 14.9 Å². The largest absolute Gasteiger partial charge is 0.333 e. The summed E-state index contributed by atoms with van der Waals surface area (Å²) in [5.74, 6) is 1.03. The molecule has 5 heteroatoms. The first-order valence-electron chi connectivity index (χ1n) is 6.86. The average molecular weight is 357 g/mol. The highest BCUT2D eigenvalue weighted by molar-refractivity contribution is 9.10. The zero-order valence-corrected chi connectivity index (χ0v) is 14.1. The molecule has 0 bridgehead atoms. The maximum absolute atomic E-state index is 6.22. The highest BCUT2D eigenvalue weighted by atomic mass is 79.9. The van der Waals surface area contributed by atoms with Gasteiger partial charge in [0.2, 0.25) is 0 Å². The van der Waals surface area contributed by atoms with Gasteiger partial charge in [-0.05, 0) is 46.6 Å². The Labute approximate surface area is 133 Å². The minimum Gasteiger partial charge on any atom is -0.333 e. The zero-order chi connectivity index (χ0) is 14.5. The van der Waals surface area contributed by atoms with Crippen LogP contribution in [-0.4, -0.2) is 16.1 Å². The van der Waals surface area contributed by atoms with Crippen LogP contribution >= 0.6 is 27.5 Å². The molecule has 0 saturated carbocycles.